The van der Waals surface area contributed by atoms with Gasteiger partial charge in [0.15, 0.2) is 0 Å². The lowest BCUT2D eigenvalue weighted by Crippen LogP contribution is -2.47. The van der Waals surface area contributed by atoms with Crippen molar-refractivity contribution in [2.75, 3.05) is 25.6 Å². The van der Waals surface area contributed by atoms with Crippen molar-refractivity contribution in [3.63, 3.8) is 0 Å². The van der Waals surface area contributed by atoms with Crippen LogP contribution in [0.1, 0.15) is 33.0 Å². The summed E-state index contributed by atoms with van der Waals surface area (Å²) in [6, 6.07) is 19.5. The summed E-state index contributed by atoms with van der Waals surface area (Å²) in [5.74, 6) is -1.66. The zero-order valence-electron chi connectivity index (χ0n) is 19.4. The number of carbonyl (C=O) groups is 3. The third-order valence-electron chi connectivity index (χ3n) is 6.01. The molecule has 0 bridgehead atoms. The van der Waals surface area contributed by atoms with Crippen molar-refractivity contribution >= 4 is 23.7 Å². The molecule has 1 atom stereocenters. The van der Waals surface area contributed by atoms with E-state index in [1.165, 1.54) is 19.2 Å². The van der Waals surface area contributed by atoms with Crippen molar-refractivity contribution in [1.82, 2.24) is 5.32 Å². The molecule has 0 fully saturated rings. The molecule has 0 aromatic heterocycles. The van der Waals surface area contributed by atoms with Crippen LogP contribution in [0.2, 0.25) is 0 Å². The lowest BCUT2D eigenvalue weighted by Gasteiger charge is -2.19. The van der Waals surface area contributed by atoms with Gasteiger partial charge in [0.25, 0.3) is 0 Å². The Hall–Kier alpha value is -4.17. The average Bonchev–Trinajstić information content (AvgIpc) is 3.16. The number of anilines is 1. The summed E-state index contributed by atoms with van der Waals surface area (Å²) in [6.07, 6.45) is -0.735. The molecule has 2 amide bonds. The number of carbonyl (C=O) groups excluding carboxylic acids is 2. The van der Waals surface area contributed by atoms with Crippen molar-refractivity contribution < 1.29 is 29.0 Å². The highest BCUT2D eigenvalue weighted by atomic mass is 16.5. The zero-order valence-corrected chi connectivity index (χ0v) is 19.4. The van der Waals surface area contributed by atoms with Crippen LogP contribution >= 0.6 is 0 Å². The van der Waals surface area contributed by atoms with E-state index in [1.54, 1.807) is 13.0 Å². The van der Waals surface area contributed by atoms with Gasteiger partial charge in [-0.15, -0.1) is 0 Å². The fourth-order valence-electron chi connectivity index (χ4n) is 4.34. The Balaban J connectivity index is 1.40. The molecule has 35 heavy (non-hydrogen) atoms. The summed E-state index contributed by atoms with van der Waals surface area (Å²) in [6.45, 7) is 1.69. The van der Waals surface area contributed by atoms with Gasteiger partial charge in [0.05, 0.1) is 12.2 Å². The first-order valence-corrected chi connectivity index (χ1v) is 11.1. The van der Waals surface area contributed by atoms with Crippen molar-refractivity contribution in [1.29, 1.82) is 0 Å². The molecule has 0 radical (unpaired) electrons. The summed E-state index contributed by atoms with van der Waals surface area (Å²) in [4.78, 5) is 36.6. The highest BCUT2D eigenvalue weighted by molar-refractivity contribution is 5.97. The van der Waals surface area contributed by atoms with E-state index in [-0.39, 0.29) is 24.7 Å². The number of aryl methyl sites for hydroxylation is 1. The second kappa shape index (κ2) is 10.4. The van der Waals surface area contributed by atoms with Gasteiger partial charge in [-0.25, -0.2) is 9.59 Å². The van der Waals surface area contributed by atoms with Gasteiger partial charge in [0, 0.05) is 18.7 Å². The second-order valence-corrected chi connectivity index (χ2v) is 8.30. The molecule has 1 aliphatic carbocycles. The molecule has 0 heterocycles. The molecule has 0 saturated carbocycles. The number of carboxylic acid groups (broad SMARTS) is 1. The molecular weight excluding hydrogens is 448 g/mol. The monoisotopic (exact) mass is 474 g/mol. The van der Waals surface area contributed by atoms with E-state index >= 15 is 0 Å². The Morgan fingerprint density at radius 2 is 1.60 bits per heavy atom. The van der Waals surface area contributed by atoms with Crippen LogP contribution in [0.5, 0.6) is 0 Å². The first kappa shape index (κ1) is 24.0. The van der Waals surface area contributed by atoms with Gasteiger partial charge in [0.2, 0.25) is 5.91 Å². The van der Waals surface area contributed by atoms with Crippen LogP contribution in [0.15, 0.2) is 66.7 Å². The molecule has 1 aliphatic rings. The average molecular weight is 475 g/mol. The van der Waals surface area contributed by atoms with Gasteiger partial charge >= 0.3 is 12.1 Å². The molecule has 180 valence electrons. The Morgan fingerprint density at radius 1 is 0.971 bits per heavy atom. The topological polar surface area (TPSA) is 114 Å². The fourth-order valence-corrected chi connectivity index (χ4v) is 4.34. The van der Waals surface area contributed by atoms with Crippen molar-refractivity contribution in [2.24, 2.45) is 0 Å². The van der Waals surface area contributed by atoms with Crippen LogP contribution in [0, 0.1) is 6.92 Å². The molecule has 8 nitrogen and oxygen atoms in total. The van der Waals surface area contributed by atoms with E-state index in [1.807, 2.05) is 36.4 Å². The first-order chi connectivity index (χ1) is 16.9. The molecule has 1 unspecified atom stereocenters. The summed E-state index contributed by atoms with van der Waals surface area (Å²) in [5, 5.41) is 14.4. The number of methoxy groups -OCH3 is 1. The van der Waals surface area contributed by atoms with Crippen molar-refractivity contribution in [3.8, 4) is 11.1 Å². The molecule has 3 aromatic rings. The zero-order chi connectivity index (χ0) is 24.9. The molecular formula is C27H26N2O6. The minimum atomic E-state index is -1.05. The van der Waals surface area contributed by atoms with Crippen LogP contribution < -0.4 is 10.6 Å². The standard InChI is InChI=1S/C27H26N2O6/c1-16-13-17(11-12-18(16)26(31)32)28-25(30)24(15-34-2)29-27(33)35-14-23-21-9-5-3-7-19(21)20-8-4-6-10-22(20)23/h3-13,23-24H,14-15H2,1-2H3,(H,28,30)(H,29,33)(H,31,32). The number of aromatic carboxylic acids is 1. The maximum atomic E-state index is 12.8. The van der Waals surface area contributed by atoms with Gasteiger partial charge in [-0.05, 0) is 52.9 Å². The number of hydrogen-bond donors (Lipinski definition) is 3. The van der Waals surface area contributed by atoms with Crippen LogP contribution in [-0.4, -0.2) is 49.4 Å². The van der Waals surface area contributed by atoms with Crippen LogP contribution in [-0.2, 0) is 14.3 Å². The third-order valence-corrected chi connectivity index (χ3v) is 6.01. The largest absolute Gasteiger partial charge is 0.478 e. The number of hydrogen-bond acceptors (Lipinski definition) is 5. The Bertz CT molecular complexity index is 1230. The lowest BCUT2D eigenvalue weighted by molar-refractivity contribution is -0.119. The highest BCUT2D eigenvalue weighted by Crippen LogP contribution is 2.44. The van der Waals surface area contributed by atoms with E-state index in [0.29, 0.717) is 11.3 Å². The van der Waals surface area contributed by atoms with Gasteiger partial charge in [-0.2, -0.15) is 0 Å². The lowest BCUT2D eigenvalue weighted by atomic mass is 9.98. The Morgan fingerprint density at radius 3 is 2.17 bits per heavy atom. The van der Waals surface area contributed by atoms with Crippen molar-refractivity contribution in [3.05, 3.63) is 89.0 Å². The van der Waals surface area contributed by atoms with Gasteiger partial charge < -0.3 is 25.2 Å². The van der Waals surface area contributed by atoms with E-state index in [0.717, 1.165) is 22.3 Å². The number of ether oxygens (including phenoxy) is 2. The van der Waals surface area contributed by atoms with Crippen LogP contribution in [0.3, 0.4) is 0 Å². The molecule has 0 spiro atoms. The van der Waals surface area contributed by atoms with E-state index in [9.17, 15) is 14.4 Å². The quantitative estimate of drug-likeness (QED) is 0.451. The van der Waals surface area contributed by atoms with Crippen LogP contribution in [0.25, 0.3) is 11.1 Å². The Labute approximate surface area is 202 Å². The molecule has 3 aromatic carbocycles. The normalized spacial score (nSPS) is 12.9. The number of amides is 2. The van der Waals surface area contributed by atoms with Crippen LogP contribution in [0.4, 0.5) is 10.5 Å². The summed E-state index contributed by atoms with van der Waals surface area (Å²) >= 11 is 0. The number of alkyl carbamates (subject to hydrolysis) is 1. The van der Waals surface area contributed by atoms with Gasteiger partial charge in [-0.3, -0.25) is 4.79 Å². The van der Waals surface area contributed by atoms with E-state index < -0.39 is 24.0 Å². The SMILES string of the molecule is COCC(NC(=O)OCC1c2ccccc2-c2ccccc21)C(=O)Nc1ccc(C(=O)O)c(C)c1. The fraction of sp³-hybridized carbons (Fsp3) is 0.222. The predicted octanol–water partition coefficient (Wildman–Crippen LogP) is 4.19. The second-order valence-electron chi connectivity index (χ2n) is 8.30. The number of nitrogens with one attached hydrogen (secondary N) is 2. The smallest absolute Gasteiger partial charge is 0.407 e. The number of benzene rings is 3. The minimum Gasteiger partial charge on any atom is -0.478 e. The third kappa shape index (κ3) is 5.17. The molecule has 0 saturated heterocycles. The summed E-state index contributed by atoms with van der Waals surface area (Å²) < 4.78 is 10.6. The number of rotatable bonds is 8. The van der Waals surface area contributed by atoms with E-state index in [2.05, 4.69) is 22.8 Å². The van der Waals surface area contributed by atoms with Gasteiger partial charge in [-0.1, -0.05) is 48.5 Å². The Kier molecular flexibility index (Phi) is 7.12. The summed E-state index contributed by atoms with van der Waals surface area (Å²) in [7, 11) is 1.42. The number of fused-ring (bicyclic) bond motifs is 3. The first-order valence-electron chi connectivity index (χ1n) is 11.1. The molecule has 0 aliphatic heterocycles. The van der Waals surface area contributed by atoms with E-state index in [4.69, 9.17) is 14.6 Å². The van der Waals surface area contributed by atoms with Crippen molar-refractivity contribution in [2.45, 2.75) is 18.9 Å². The predicted molar refractivity (Wildman–Crippen MR) is 131 cm³/mol. The molecule has 4 rings (SSSR count). The highest BCUT2D eigenvalue weighted by Gasteiger charge is 2.30. The molecule has 3 N–H and O–H groups in total. The minimum absolute atomic E-state index is 0.0672. The molecule has 8 heteroatoms. The van der Waals surface area contributed by atoms with Gasteiger partial charge in [0.1, 0.15) is 12.6 Å². The maximum absolute atomic E-state index is 12.8. The maximum Gasteiger partial charge on any atom is 0.407 e. The number of carboxylic acids is 1. The summed E-state index contributed by atoms with van der Waals surface area (Å²) in [5.41, 5.74) is 5.49.